The normalized spacial score (nSPS) is 11.6. The van der Waals surface area contributed by atoms with Gasteiger partial charge in [-0.1, -0.05) is 156 Å². The van der Waals surface area contributed by atoms with Crippen molar-refractivity contribution >= 4 is 18.1 Å². The van der Waals surface area contributed by atoms with E-state index in [1.807, 2.05) is 6.19 Å². The van der Waals surface area contributed by atoms with Crippen molar-refractivity contribution in [2.24, 2.45) is 4.99 Å². The smallest absolute Gasteiger partial charge is 0.462 e. The topological polar surface area (TPSA) is 125 Å². The molecule has 0 fully saturated rings. The van der Waals surface area contributed by atoms with Gasteiger partial charge in [-0.2, -0.15) is 5.26 Å². The van der Waals surface area contributed by atoms with E-state index in [9.17, 15) is 9.59 Å². The van der Waals surface area contributed by atoms with Crippen LogP contribution >= 0.6 is 0 Å². The first-order valence-corrected chi connectivity index (χ1v) is 24.1. The maximum Gasteiger partial charge on any atom is 0.508 e. The molecule has 0 saturated heterocycles. The molecule has 2 N–H and O–H groups in total. The van der Waals surface area contributed by atoms with Gasteiger partial charge in [0.05, 0.1) is 13.2 Å². The number of nitrogens with zero attached hydrogens (tertiary/aromatic N) is 3. The molecule has 10 heteroatoms. The number of nitriles is 1. The van der Waals surface area contributed by atoms with Gasteiger partial charge in [-0.25, -0.2) is 4.79 Å². The summed E-state index contributed by atoms with van der Waals surface area (Å²) < 4.78 is 16.6. The van der Waals surface area contributed by atoms with E-state index < -0.39 is 6.16 Å². The minimum atomic E-state index is -0.534. The lowest BCUT2D eigenvalue weighted by Crippen LogP contribution is -2.37. The number of unbranched alkanes of at least 4 members (excludes halogenated alkanes) is 23. The van der Waals surface area contributed by atoms with E-state index >= 15 is 0 Å². The third-order valence-electron chi connectivity index (χ3n) is 10.8. The molecule has 10 nitrogen and oxygen atoms in total. The van der Waals surface area contributed by atoms with Gasteiger partial charge in [-0.05, 0) is 83.8 Å². The van der Waals surface area contributed by atoms with Crippen molar-refractivity contribution in [2.45, 2.75) is 232 Å². The van der Waals surface area contributed by atoms with Gasteiger partial charge in [0.2, 0.25) is 12.2 Å². The molecule has 0 aromatic carbocycles. The summed E-state index contributed by atoms with van der Waals surface area (Å²) in [4.78, 5) is 31.0. The summed E-state index contributed by atoms with van der Waals surface area (Å²) >= 11 is 0. The van der Waals surface area contributed by atoms with Gasteiger partial charge in [-0.3, -0.25) is 4.79 Å². The second-order valence-electron chi connectivity index (χ2n) is 16.2. The molecule has 0 rings (SSSR count). The minimum absolute atomic E-state index is 0.00305. The first-order chi connectivity index (χ1) is 28.0. The Morgan fingerprint density at radius 3 is 1.47 bits per heavy atom. The second-order valence-corrected chi connectivity index (χ2v) is 16.2. The molecule has 0 saturated carbocycles. The number of hydrogen-bond acceptors (Lipinski definition) is 8. The molecule has 0 bridgehead atoms. The fourth-order valence-electron chi connectivity index (χ4n) is 7.23. The Labute approximate surface area is 351 Å². The summed E-state index contributed by atoms with van der Waals surface area (Å²) in [6, 6.07) is 0. The number of nitrogens with one attached hydrogen (secondary N) is 2. The van der Waals surface area contributed by atoms with Crippen molar-refractivity contribution in [2.75, 3.05) is 46.4 Å². The molecule has 0 aliphatic carbocycles. The summed E-state index contributed by atoms with van der Waals surface area (Å²) in [5.41, 5.74) is 0. The Hall–Kier alpha value is -2.54. The third kappa shape index (κ3) is 40.0. The quantitative estimate of drug-likeness (QED) is 0.0204. The van der Waals surface area contributed by atoms with Crippen LogP contribution in [0.5, 0.6) is 0 Å². The predicted octanol–water partition coefficient (Wildman–Crippen LogP) is 12.5. The first kappa shape index (κ1) is 54.5. The Balaban J connectivity index is 4.42. The zero-order valence-electron chi connectivity index (χ0n) is 37.8. The highest BCUT2D eigenvalue weighted by molar-refractivity contribution is 5.80. The lowest BCUT2D eigenvalue weighted by molar-refractivity contribution is -0.150. The summed E-state index contributed by atoms with van der Waals surface area (Å²) in [6.07, 6.45) is 38.1. The molecule has 0 aromatic heterocycles. The van der Waals surface area contributed by atoms with Crippen molar-refractivity contribution in [3.63, 3.8) is 0 Å². The van der Waals surface area contributed by atoms with E-state index in [0.29, 0.717) is 25.6 Å². The van der Waals surface area contributed by atoms with Crippen molar-refractivity contribution in [3.8, 4) is 6.19 Å². The standard InChI is InChI=1S/C47H91N5O5/c1-5-8-11-14-17-24-31-41-55-47(54)56-42-32-25-23-30-39-52(40-33-37-50-46(49-4)51-43-48)38-29-22-18-21-28-36-45(53)57-44(34-26-19-15-12-9-6-2)35-27-20-16-13-10-7-3/h44H,5-42H2,1-4H3,(H2,49,50,51). The fraction of sp³-hybridized carbons (Fsp3) is 0.915. The Morgan fingerprint density at radius 1 is 0.579 bits per heavy atom. The molecule has 0 amide bonds. The van der Waals surface area contributed by atoms with Crippen molar-refractivity contribution < 1.29 is 23.8 Å². The third-order valence-corrected chi connectivity index (χ3v) is 10.8. The summed E-state index contributed by atoms with van der Waals surface area (Å²) in [7, 11) is 1.76. The number of hydrogen-bond donors (Lipinski definition) is 2. The number of guanidine groups is 1. The number of rotatable bonds is 42. The SMILES string of the molecule is CCCCCCCCCOC(=O)OCCCCCCN(CCCCCCCC(=O)OC(CCCCCCCC)CCCCCCCC)CCCN/C(=N/C#N)NC. The van der Waals surface area contributed by atoms with Gasteiger partial charge in [0.15, 0.2) is 0 Å². The summed E-state index contributed by atoms with van der Waals surface area (Å²) in [5.74, 6) is 0.506. The summed E-state index contributed by atoms with van der Waals surface area (Å²) in [6.45, 7) is 11.4. The average molecular weight is 806 g/mol. The van der Waals surface area contributed by atoms with Gasteiger partial charge in [-0.15, -0.1) is 4.99 Å². The zero-order chi connectivity index (χ0) is 41.7. The average Bonchev–Trinajstić information content (AvgIpc) is 3.21. The molecular weight excluding hydrogens is 715 g/mol. The molecule has 0 heterocycles. The summed E-state index contributed by atoms with van der Waals surface area (Å²) in [5, 5.41) is 15.0. The van der Waals surface area contributed by atoms with Crippen LogP contribution in [0.25, 0.3) is 0 Å². The van der Waals surface area contributed by atoms with Crippen LogP contribution in [0.1, 0.15) is 226 Å². The van der Waals surface area contributed by atoms with Gasteiger partial charge in [0, 0.05) is 20.0 Å². The van der Waals surface area contributed by atoms with Crippen molar-refractivity contribution in [3.05, 3.63) is 0 Å². The van der Waals surface area contributed by atoms with Crippen LogP contribution in [-0.4, -0.2) is 75.5 Å². The van der Waals surface area contributed by atoms with Crippen LogP contribution in [0.2, 0.25) is 0 Å². The van der Waals surface area contributed by atoms with Gasteiger partial charge in [0.1, 0.15) is 6.10 Å². The Kier molecular flexibility index (Phi) is 42.6. The van der Waals surface area contributed by atoms with Crippen LogP contribution in [0.4, 0.5) is 4.79 Å². The first-order valence-electron chi connectivity index (χ1n) is 24.1. The number of aliphatic imine (C=N–C) groups is 1. The molecule has 0 spiro atoms. The molecular formula is C47H91N5O5. The van der Waals surface area contributed by atoms with Gasteiger partial charge >= 0.3 is 12.1 Å². The molecule has 0 aliphatic heterocycles. The van der Waals surface area contributed by atoms with Crippen molar-refractivity contribution in [1.82, 2.24) is 15.5 Å². The van der Waals surface area contributed by atoms with Crippen LogP contribution in [0.3, 0.4) is 0 Å². The molecule has 0 aromatic rings. The number of esters is 1. The lowest BCUT2D eigenvalue weighted by Gasteiger charge is -2.22. The number of ether oxygens (including phenoxy) is 3. The molecule has 57 heavy (non-hydrogen) atoms. The van der Waals surface area contributed by atoms with E-state index in [2.05, 4.69) is 41.3 Å². The monoisotopic (exact) mass is 806 g/mol. The molecule has 0 atom stereocenters. The van der Waals surface area contributed by atoms with E-state index in [1.165, 1.54) is 109 Å². The highest BCUT2D eigenvalue weighted by Crippen LogP contribution is 2.18. The minimum Gasteiger partial charge on any atom is -0.462 e. The van der Waals surface area contributed by atoms with Crippen LogP contribution < -0.4 is 10.6 Å². The maximum absolute atomic E-state index is 12.8. The maximum atomic E-state index is 12.8. The molecule has 0 radical (unpaired) electrons. The van der Waals surface area contributed by atoms with E-state index in [-0.39, 0.29) is 12.1 Å². The largest absolute Gasteiger partial charge is 0.508 e. The van der Waals surface area contributed by atoms with Gasteiger partial charge < -0.3 is 29.7 Å². The lowest BCUT2D eigenvalue weighted by atomic mass is 10.0. The Bertz CT molecular complexity index is 943. The molecule has 0 aliphatic rings. The fourth-order valence-corrected chi connectivity index (χ4v) is 7.23. The zero-order valence-corrected chi connectivity index (χ0v) is 37.8. The van der Waals surface area contributed by atoms with E-state index in [4.69, 9.17) is 19.5 Å². The molecule has 334 valence electrons. The highest BCUT2D eigenvalue weighted by atomic mass is 16.7. The second kappa shape index (κ2) is 44.6. The van der Waals surface area contributed by atoms with Gasteiger partial charge in [0.25, 0.3) is 0 Å². The Morgan fingerprint density at radius 2 is 1.00 bits per heavy atom. The van der Waals surface area contributed by atoms with E-state index in [1.54, 1.807) is 7.05 Å². The number of carbonyl (C=O) groups excluding carboxylic acids is 2. The van der Waals surface area contributed by atoms with E-state index in [0.717, 1.165) is 116 Å². The highest BCUT2D eigenvalue weighted by Gasteiger charge is 2.14. The van der Waals surface area contributed by atoms with Crippen LogP contribution in [0.15, 0.2) is 4.99 Å². The molecule has 0 unspecified atom stereocenters. The van der Waals surface area contributed by atoms with Crippen LogP contribution in [0, 0.1) is 11.5 Å². The van der Waals surface area contributed by atoms with Crippen molar-refractivity contribution in [1.29, 1.82) is 5.26 Å². The van der Waals surface area contributed by atoms with Crippen LogP contribution in [-0.2, 0) is 19.0 Å². The predicted molar refractivity (Wildman–Crippen MR) is 238 cm³/mol. The number of carbonyl (C=O) groups is 2.